The van der Waals surface area contributed by atoms with Crippen molar-refractivity contribution < 1.29 is 23.8 Å². The summed E-state index contributed by atoms with van der Waals surface area (Å²) in [5.74, 6) is 1.16. The third-order valence-corrected chi connectivity index (χ3v) is 8.58. The summed E-state index contributed by atoms with van der Waals surface area (Å²) in [5.41, 5.74) is 6.50. The maximum atomic E-state index is 13.6. The third-order valence-electron chi connectivity index (χ3n) is 8.58. The van der Waals surface area contributed by atoms with E-state index in [2.05, 4.69) is 21.7 Å². The van der Waals surface area contributed by atoms with Crippen LogP contribution in [-0.4, -0.2) is 56.1 Å². The summed E-state index contributed by atoms with van der Waals surface area (Å²) in [6.07, 6.45) is 1.94. The van der Waals surface area contributed by atoms with E-state index in [-0.39, 0.29) is 29.5 Å². The molecule has 1 atom stereocenters. The van der Waals surface area contributed by atoms with Crippen LogP contribution in [0.15, 0.2) is 53.3 Å². The van der Waals surface area contributed by atoms with E-state index in [4.69, 9.17) is 14.2 Å². The molecule has 0 fully saturated rings. The number of aryl methyl sites for hydroxylation is 1. The van der Waals surface area contributed by atoms with Crippen LogP contribution in [0, 0.1) is 0 Å². The lowest BCUT2D eigenvalue weighted by Gasteiger charge is -2.27. The molecule has 10 nitrogen and oxygen atoms in total. The number of ether oxygens (including phenoxy) is 3. The van der Waals surface area contributed by atoms with Gasteiger partial charge in [0.05, 0.1) is 46.1 Å². The van der Waals surface area contributed by atoms with E-state index in [1.54, 1.807) is 38.4 Å². The maximum Gasteiger partial charge on any atom is 0.242 e. The molecule has 0 unspecified atom stereocenters. The summed E-state index contributed by atoms with van der Waals surface area (Å²) in [4.78, 5) is 44.4. The second-order valence-corrected chi connectivity index (χ2v) is 11.1. The predicted octanol–water partition coefficient (Wildman–Crippen LogP) is 4.34. The van der Waals surface area contributed by atoms with Crippen molar-refractivity contribution in [1.29, 1.82) is 0 Å². The van der Waals surface area contributed by atoms with Gasteiger partial charge in [0.25, 0.3) is 0 Å². The summed E-state index contributed by atoms with van der Waals surface area (Å²) < 4.78 is 17.1. The van der Waals surface area contributed by atoms with Gasteiger partial charge >= 0.3 is 0 Å². The maximum absolute atomic E-state index is 13.6. The van der Waals surface area contributed by atoms with E-state index in [0.29, 0.717) is 48.7 Å². The zero-order valence-electron chi connectivity index (χ0n) is 25.3. The van der Waals surface area contributed by atoms with Gasteiger partial charge in [-0.2, -0.15) is 0 Å². The molecule has 0 bridgehead atoms. The molecule has 44 heavy (non-hydrogen) atoms. The lowest BCUT2D eigenvalue weighted by molar-refractivity contribution is -0.130. The van der Waals surface area contributed by atoms with Crippen molar-refractivity contribution in [3.63, 3.8) is 0 Å². The van der Waals surface area contributed by atoms with Crippen molar-refractivity contribution in [1.82, 2.24) is 15.2 Å². The number of rotatable bonds is 7. The van der Waals surface area contributed by atoms with Crippen LogP contribution in [0.25, 0.3) is 22.0 Å². The van der Waals surface area contributed by atoms with Crippen LogP contribution in [0.2, 0.25) is 0 Å². The van der Waals surface area contributed by atoms with Gasteiger partial charge < -0.3 is 34.7 Å². The molecular formula is C34H36N4O6. The van der Waals surface area contributed by atoms with Gasteiger partial charge in [0.15, 0.2) is 11.5 Å². The highest BCUT2D eigenvalue weighted by Crippen LogP contribution is 2.50. The summed E-state index contributed by atoms with van der Waals surface area (Å²) in [7, 11) is 4.68. The summed E-state index contributed by atoms with van der Waals surface area (Å²) >= 11 is 0. The minimum absolute atomic E-state index is 0.0282. The van der Waals surface area contributed by atoms with Gasteiger partial charge in [0.2, 0.25) is 23.0 Å². The van der Waals surface area contributed by atoms with Crippen molar-refractivity contribution >= 4 is 28.4 Å². The molecule has 1 aliphatic carbocycles. The van der Waals surface area contributed by atoms with E-state index in [1.807, 2.05) is 30.3 Å². The van der Waals surface area contributed by atoms with Crippen LogP contribution in [0.1, 0.15) is 41.8 Å². The Bertz CT molecular complexity index is 1830. The highest BCUT2D eigenvalue weighted by molar-refractivity contribution is 5.87. The van der Waals surface area contributed by atoms with Crippen LogP contribution in [-0.2, 0) is 29.0 Å². The minimum Gasteiger partial charge on any atom is -0.493 e. The van der Waals surface area contributed by atoms with Gasteiger partial charge in [-0.3, -0.25) is 14.4 Å². The first kappa shape index (κ1) is 29.1. The Kier molecular flexibility index (Phi) is 7.90. The lowest BCUT2D eigenvalue weighted by Crippen LogP contribution is -2.39. The van der Waals surface area contributed by atoms with Crippen molar-refractivity contribution in [2.75, 3.05) is 39.7 Å². The Hall–Kier alpha value is -4.99. The monoisotopic (exact) mass is 596 g/mol. The van der Waals surface area contributed by atoms with Crippen molar-refractivity contribution in [3.8, 4) is 28.4 Å². The number of H-pyrrole nitrogens is 1. The molecule has 0 spiro atoms. The van der Waals surface area contributed by atoms with Gasteiger partial charge in [0.1, 0.15) is 0 Å². The smallest absolute Gasteiger partial charge is 0.242 e. The molecule has 3 N–H and O–H groups in total. The number of hydrogen-bond donors (Lipinski definition) is 3. The van der Waals surface area contributed by atoms with Crippen molar-refractivity contribution in [2.45, 2.75) is 38.8 Å². The Labute approximate surface area is 255 Å². The third kappa shape index (κ3) is 5.21. The number of hydrogen-bond acceptors (Lipinski definition) is 7. The topological polar surface area (TPSA) is 122 Å². The number of aromatic nitrogens is 1. The fourth-order valence-electron chi connectivity index (χ4n) is 6.54. The van der Waals surface area contributed by atoms with Gasteiger partial charge in [-0.25, -0.2) is 0 Å². The van der Waals surface area contributed by atoms with Crippen molar-refractivity contribution in [3.05, 3.63) is 81.1 Å². The normalized spacial score (nSPS) is 15.4. The molecule has 1 aliphatic heterocycles. The number of amides is 2. The molecule has 10 heteroatoms. The average Bonchev–Trinajstić information content (AvgIpc) is 3.24. The predicted molar refractivity (Wildman–Crippen MR) is 169 cm³/mol. The Morgan fingerprint density at radius 2 is 1.80 bits per heavy atom. The quantitative estimate of drug-likeness (QED) is 0.290. The van der Waals surface area contributed by atoms with Crippen LogP contribution in [0.3, 0.4) is 0 Å². The van der Waals surface area contributed by atoms with Gasteiger partial charge in [0, 0.05) is 35.6 Å². The van der Waals surface area contributed by atoms with E-state index in [9.17, 15) is 14.4 Å². The zero-order chi connectivity index (χ0) is 31.0. The molecule has 3 aromatic carbocycles. The van der Waals surface area contributed by atoms with Gasteiger partial charge in [-0.05, 0) is 65.8 Å². The number of carbonyl (C=O) groups is 2. The molecule has 2 heterocycles. The molecule has 4 aromatic rings. The highest BCUT2D eigenvalue weighted by Gasteiger charge is 2.30. The number of benzene rings is 2. The molecule has 228 valence electrons. The number of carbonyl (C=O) groups excluding carboxylic acids is 2. The van der Waals surface area contributed by atoms with Crippen LogP contribution in [0.4, 0.5) is 5.69 Å². The standard InChI is InChI=1S/C34H36N4O6/c1-19(39)36-26-11-9-20-15-30(42-2)33(43-3)34(44-4)32(20)23-10-12-27(29(40)16-24(23)26)35-17-31(41)38-14-13-22-21-7-5-6-8-25(21)37-28(22)18-38/h5-8,10,12,15-16,26,37H,9,11,13-14,17-18H2,1-4H3,(H,35,40)(H,36,39)/t26-/m1/s1. The molecule has 0 saturated carbocycles. The first-order chi connectivity index (χ1) is 21.3. The summed E-state index contributed by atoms with van der Waals surface area (Å²) in [6.45, 7) is 2.53. The number of nitrogens with zero attached hydrogens (tertiary/aromatic N) is 1. The minimum atomic E-state index is -0.412. The van der Waals surface area contributed by atoms with E-state index >= 15 is 0 Å². The summed E-state index contributed by atoms with van der Waals surface area (Å²) in [5, 5.41) is 7.31. The average molecular weight is 597 g/mol. The Morgan fingerprint density at radius 1 is 1.00 bits per heavy atom. The van der Waals surface area contributed by atoms with Crippen LogP contribution >= 0.6 is 0 Å². The second kappa shape index (κ2) is 11.9. The number of anilines is 1. The van der Waals surface area contributed by atoms with E-state index in [1.165, 1.54) is 17.9 Å². The molecule has 0 saturated heterocycles. The van der Waals surface area contributed by atoms with Gasteiger partial charge in [-0.15, -0.1) is 0 Å². The Balaban J connectivity index is 1.33. The lowest BCUT2D eigenvalue weighted by atomic mass is 9.95. The van der Waals surface area contributed by atoms with Crippen LogP contribution < -0.4 is 30.3 Å². The first-order valence-corrected chi connectivity index (χ1v) is 14.7. The zero-order valence-corrected chi connectivity index (χ0v) is 25.3. The Morgan fingerprint density at radius 3 is 2.55 bits per heavy atom. The molecule has 2 aliphatic rings. The highest BCUT2D eigenvalue weighted by atomic mass is 16.5. The molecule has 0 radical (unpaired) electrons. The first-order valence-electron chi connectivity index (χ1n) is 14.7. The van der Waals surface area contributed by atoms with E-state index < -0.39 is 6.04 Å². The van der Waals surface area contributed by atoms with E-state index in [0.717, 1.165) is 34.3 Å². The van der Waals surface area contributed by atoms with Gasteiger partial charge in [-0.1, -0.05) is 24.3 Å². The fraction of sp³-hybridized carbons (Fsp3) is 0.324. The summed E-state index contributed by atoms with van der Waals surface area (Å²) in [6, 6.07) is 14.8. The molecule has 1 aromatic heterocycles. The number of para-hydroxylation sites is 1. The number of aromatic amines is 1. The fourth-order valence-corrected chi connectivity index (χ4v) is 6.54. The molecular weight excluding hydrogens is 560 g/mol. The molecule has 2 amide bonds. The number of fused-ring (bicyclic) bond motifs is 6. The van der Waals surface area contributed by atoms with Crippen molar-refractivity contribution in [2.24, 2.45) is 0 Å². The number of nitrogens with one attached hydrogen (secondary N) is 3. The SMILES string of the molecule is COc1cc2c(c(OC)c1OC)-c1ccc(NCC(=O)N3CCc4c([nH]c5ccccc45)C3)c(=O)cc1[C@H](NC(C)=O)CC2. The largest absolute Gasteiger partial charge is 0.493 e. The molecule has 6 rings (SSSR count). The van der Waals surface area contributed by atoms with Crippen LogP contribution in [0.5, 0.6) is 17.2 Å². The second-order valence-electron chi connectivity index (χ2n) is 11.1. The number of methoxy groups -OCH3 is 3.